The number of pyridine rings is 2. The van der Waals surface area contributed by atoms with Crippen LogP contribution in [0.2, 0.25) is 0 Å². The van der Waals surface area contributed by atoms with Gasteiger partial charge in [0.1, 0.15) is 6.04 Å². The quantitative estimate of drug-likeness (QED) is 0.138. The molecule has 5 aromatic rings. The van der Waals surface area contributed by atoms with E-state index < -0.39 is 23.7 Å². The van der Waals surface area contributed by atoms with E-state index in [0.29, 0.717) is 38.2 Å². The molecule has 3 heterocycles. The number of amides is 2. The molecule has 2 amide bonds. The van der Waals surface area contributed by atoms with Gasteiger partial charge in [0.05, 0.1) is 11.3 Å². The van der Waals surface area contributed by atoms with Gasteiger partial charge in [0, 0.05) is 75.9 Å². The van der Waals surface area contributed by atoms with Crippen LogP contribution in [0.4, 0.5) is 13.2 Å². The maximum absolute atomic E-state index is 14.5. The summed E-state index contributed by atoms with van der Waals surface area (Å²) in [4.78, 5) is 42.9. The standard InChI is InChI=1S/C41H38F3N5O2/c42-41(43,44)36-16-11-31(12-17-36)13-18-39(50)49(30-33-9-14-35(15-10-33)37-8-4-5-21-46-37)38(28-32-6-2-1-3-7-32)40(51)48-26-24-47(25-27-48)29-34-19-22-45-23-20-34/h1-23,38H,24-30H2. The lowest BCUT2D eigenvalue weighted by Crippen LogP contribution is -2.56. The van der Waals surface area contributed by atoms with Gasteiger partial charge in [-0.25, -0.2) is 0 Å². The molecule has 1 saturated heterocycles. The van der Waals surface area contributed by atoms with Crippen molar-refractivity contribution in [1.82, 2.24) is 24.7 Å². The van der Waals surface area contributed by atoms with Gasteiger partial charge < -0.3 is 9.80 Å². The largest absolute Gasteiger partial charge is 0.416 e. The molecule has 1 unspecified atom stereocenters. The van der Waals surface area contributed by atoms with Gasteiger partial charge in [0.25, 0.3) is 0 Å². The summed E-state index contributed by atoms with van der Waals surface area (Å²) < 4.78 is 39.5. The van der Waals surface area contributed by atoms with Gasteiger partial charge in [-0.05, 0) is 64.7 Å². The van der Waals surface area contributed by atoms with Crippen LogP contribution in [0.1, 0.15) is 27.8 Å². The second-order valence-electron chi connectivity index (χ2n) is 12.5. The predicted octanol–water partition coefficient (Wildman–Crippen LogP) is 7.16. The van der Waals surface area contributed by atoms with Crippen molar-refractivity contribution in [3.8, 4) is 11.3 Å². The van der Waals surface area contributed by atoms with Crippen molar-refractivity contribution in [3.05, 3.63) is 162 Å². The van der Waals surface area contributed by atoms with E-state index in [0.717, 1.165) is 46.6 Å². The van der Waals surface area contributed by atoms with E-state index in [-0.39, 0.29) is 12.5 Å². The minimum absolute atomic E-state index is 0.143. The Bertz CT molecular complexity index is 1900. The molecule has 0 radical (unpaired) electrons. The Hall–Kier alpha value is -5.61. The molecule has 0 aliphatic carbocycles. The van der Waals surface area contributed by atoms with Gasteiger partial charge in [0.15, 0.2) is 0 Å². The third kappa shape index (κ3) is 9.55. The number of carbonyl (C=O) groups is 2. The van der Waals surface area contributed by atoms with E-state index in [9.17, 15) is 22.8 Å². The number of hydrogen-bond acceptors (Lipinski definition) is 5. The number of carbonyl (C=O) groups excluding carboxylic acids is 2. The average Bonchev–Trinajstić information content (AvgIpc) is 3.16. The SMILES string of the molecule is O=C(C(Cc1ccccc1)N(Cc1ccc(-c2ccccn2)cc1)C(=O)C=Cc1ccc(C(F)(F)F)cc1)N1CCN(Cc2ccncc2)CC1. The van der Waals surface area contributed by atoms with Crippen LogP contribution in [0.3, 0.4) is 0 Å². The molecule has 3 aromatic carbocycles. The Morgan fingerprint density at radius 3 is 2.08 bits per heavy atom. The average molecular weight is 690 g/mol. The highest BCUT2D eigenvalue weighted by molar-refractivity contribution is 5.95. The van der Waals surface area contributed by atoms with Crippen molar-refractivity contribution >= 4 is 17.9 Å². The van der Waals surface area contributed by atoms with E-state index in [2.05, 4.69) is 14.9 Å². The first kappa shape index (κ1) is 35.2. The van der Waals surface area contributed by atoms with E-state index in [1.54, 1.807) is 23.5 Å². The van der Waals surface area contributed by atoms with Gasteiger partial charge in [-0.2, -0.15) is 13.2 Å². The van der Waals surface area contributed by atoms with E-state index in [4.69, 9.17) is 0 Å². The zero-order valence-corrected chi connectivity index (χ0v) is 28.0. The summed E-state index contributed by atoms with van der Waals surface area (Å²) in [7, 11) is 0. The van der Waals surface area contributed by atoms with Crippen LogP contribution in [0.15, 0.2) is 134 Å². The lowest BCUT2D eigenvalue weighted by molar-refractivity contribution is -0.145. The molecule has 2 aromatic heterocycles. The van der Waals surface area contributed by atoms with Crippen molar-refractivity contribution in [3.63, 3.8) is 0 Å². The van der Waals surface area contributed by atoms with E-state index in [1.165, 1.54) is 24.3 Å². The normalized spacial score (nSPS) is 14.4. The molecule has 1 fully saturated rings. The number of halogens is 3. The molecular formula is C41H38F3N5O2. The molecule has 0 saturated carbocycles. The van der Waals surface area contributed by atoms with Crippen LogP contribution in [0.5, 0.6) is 0 Å². The first-order valence-corrected chi connectivity index (χ1v) is 16.8. The van der Waals surface area contributed by atoms with Crippen LogP contribution in [0, 0.1) is 0 Å². The third-order valence-electron chi connectivity index (χ3n) is 8.98. The number of piperazine rings is 1. The fourth-order valence-electron chi connectivity index (χ4n) is 6.15. The monoisotopic (exact) mass is 689 g/mol. The molecule has 0 N–H and O–H groups in total. The predicted molar refractivity (Wildman–Crippen MR) is 191 cm³/mol. The van der Waals surface area contributed by atoms with Gasteiger partial charge in [0.2, 0.25) is 11.8 Å². The molecule has 1 aliphatic heterocycles. The summed E-state index contributed by atoms with van der Waals surface area (Å²) in [5, 5.41) is 0. The minimum atomic E-state index is -4.46. The molecule has 0 bridgehead atoms. The fraction of sp³-hybridized carbons (Fsp3) is 0.220. The number of rotatable bonds is 11. The van der Waals surface area contributed by atoms with Crippen LogP contribution < -0.4 is 0 Å². The van der Waals surface area contributed by atoms with Crippen molar-refractivity contribution in [2.45, 2.75) is 31.7 Å². The van der Waals surface area contributed by atoms with Gasteiger partial charge in [-0.3, -0.25) is 24.5 Å². The zero-order chi connectivity index (χ0) is 35.6. The van der Waals surface area contributed by atoms with Crippen LogP contribution in [-0.2, 0) is 35.3 Å². The second kappa shape index (κ2) is 16.4. The molecule has 0 spiro atoms. The minimum Gasteiger partial charge on any atom is -0.338 e. The van der Waals surface area contributed by atoms with Crippen LogP contribution in [-0.4, -0.2) is 68.7 Å². The Kier molecular flexibility index (Phi) is 11.3. The smallest absolute Gasteiger partial charge is 0.338 e. The highest BCUT2D eigenvalue weighted by Gasteiger charge is 2.34. The van der Waals surface area contributed by atoms with Gasteiger partial charge >= 0.3 is 6.18 Å². The Labute approximate surface area is 295 Å². The highest BCUT2D eigenvalue weighted by atomic mass is 19.4. The van der Waals surface area contributed by atoms with Crippen LogP contribution in [0.25, 0.3) is 17.3 Å². The molecule has 7 nitrogen and oxygen atoms in total. The summed E-state index contributed by atoms with van der Waals surface area (Å²) in [5.41, 5.74) is 4.28. The number of nitrogens with zero attached hydrogens (tertiary/aromatic N) is 5. The summed E-state index contributed by atoms with van der Waals surface area (Å²) in [6.07, 6.45) is 3.93. The van der Waals surface area contributed by atoms with Crippen molar-refractivity contribution in [2.24, 2.45) is 0 Å². The molecule has 10 heteroatoms. The topological polar surface area (TPSA) is 69.6 Å². The van der Waals surface area contributed by atoms with E-state index in [1.807, 2.05) is 89.8 Å². The van der Waals surface area contributed by atoms with Gasteiger partial charge in [-0.1, -0.05) is 72.8 Å². The Morgan fingerprint density at radius 2 is 1.43 bits per heavy atom. The molecule has 260 valence electrons. The summed E-state index contributed by atoms with van der Waals surface area (Å²) >= 11 is 0. The molecule has 6 rings (SSSR count). The summed E-state index contributed by atoms with van der Waals surface area (Å²) in [6, 6.07) is 30.8. The summed E-state index contributed by atoms with van der Waals surface area (Å²) in [5.74, 6) is -0.571. The number of benzene rings is 3. The van der Waals surface area contributed by atoms with Crippen molar-refractivity contribution in [1.29, 1.82) is 0 Å². The summed E-state index contributed by atoms with van der Waals surface area (Å²) in [6.45, 7) is 3.29. The maximum Gasteiger partial charge on any atom is 0.416 e. The third-order valence-corrected chi connectivity index (χ3v) is 8.98. The maximum atomic E-state index is 14.5. The lowest BCUT2D eigenvalue weighted by atomic mass is 10.0. The molecule has 1 aliphatic rings. The molecule has 51 heavy (non-hydrogen) atoms. The number of hydrogen-bond donors (Lipinski definition) is 0. The Balaban J connectivity index is 1.28. The van der Waals surface area contributed by atoms with E-state index >= 15 is 0 Å². The number of alkyl halides is 3. The molecular weight excluding hydrogens is 651 g/mol. The van der Waals surface area contributed by atoms with Crippen LogP contribution >= 0.6 is 0 Å². The fourth-order valence-corrected chi connectivity index (χ4v) is 6.15. The highest BCUT2D eigenvalue weighted by Crippen LogP contribution is 2.29. The first-order valence-electron chi connectivity index (χ1n) is 16.8. The molecule has 1 atom stereocenters. The number of aromatic nitrogens is 2. The Morgan fingerprint density at radius 1 is 0.745 bits per heavy atom. The first-order chi connectivity index (χ1) is 24.7. The van der Waals surface area contributed by atoms with Crippen molar-refractivity contribution in [2.75, 3.05) is 26.2 Å². The van der Waals surface area contributed by atoms with Crippen molar-refractivity contribution < 1.29 is 22.8 Å². The second-order valence-corrected chi connectivity index (χ2v) is 12.5. The zero-order valence-electron chi connectivity index (χ0n) is 28.0. The lowest BCUT2D eigenvalue weighted by Gasteiger charge is -2.39. The van der Waals surface area contributed by atoms with Gasteiger partial charge in [-0.15, -0.1) is 0 Å².